The highest BCUT2D eigenvalue weighted by Crippen LogP contribution is 2.25. The zero-order valence-electron chi connectivity index (χ0n) is 8.90. The SMILES string of the molecule is NNC(=O)c1cc(C(=O)N=O)c2c(n1)CCC2. The van der Waals surface area contributed by atoms with Gasteiger partial charge in [-0.3, -0.25) is 15.0 Å². The fourth-order valence-corrected chi connectivity index (χ4v) is 1.97. The number of aromatic nitrogens is 1. The van der Waals surface area contributed by atoms with Crippen molar-refractivity contribution in [3.63, 3.8) is 0 Å². The summed E-state index contributed by atoms with van der Waals surface area (Å²) in [6.45, 7) is 0. The molecule has 0 aliphatic heterocycles. The van der Waals surface area contributed by atoms with Crippen molar-refractivity contribution >= 4 is 11.8 Å². The topological polar surface area (TPSA) is 115 Å². The van der Waals surface area contributed by atoms with Crippen LogP contribution in [0.2, 0.25) is 0 Å². The summed E-state index contributed by atoms with van der Waals surface area (Å²) in [6.07, 6.45) is 2.19. The number of carbonyl (C=O) groups is 2. The standard InChI is InChI=1S/C10H10N4O3/c11-13-10(16)8-4-6(9(15)14-17)5-2-1-3-7(5)12-8/h4H,1-3,11H2,(H,13,16). The van der Waals surface area contributed by atoms with Crippen molar-refractivity contribution in [1.29, 1.82) is 0 Å². The van der Waals surface area contributed by atoms with Gasteiger partial charge in [0.1, 0.15) is 5.69 Å². The predicted molar refractivity (Wildman–Crippen MR) is 58.0 cm³/mol. The van der Waals surface area contributed by atoms with Crippen LogP contribution >= 0.6 is 0 Å². The van der Waals surface area contributed by atoms with Crippen LogP contribution in [-0.4, -0.2) is 16.8 Å². The normalized spacial score (nSPS) is 13.0. The molecule has 0 spiro atoms. The average Bonchev–Trinajstić information content (AvgIpc) is 2.83. The van der Waals surface area contributed by atoms with E-state index in [4.69, 9.17) is 5.84 Å². The minimum Gasteiger partial charge on any atom is -0.289 e. The van der Waals surface area contributed by atoms with E-state index in [9.17, 15) is 14.5 Å². The molecular weight excluding hydrogens is 224 g/mol. The lowest BCUT2D eigenvalue weighted by molar-refractivity contribution is 0.0948. The number of hydrogen-bond acceptors (Lipinski definition) is 5. The molecule has 0 saturated carbocycles. The highest BCUT2D eigenvalue weighted by atomic mass is 16.3. The Hall–Kier alpha value is -2.15. The Morgan fingerprint density at radius 3 is 2.82 bits per heavy atom. The molecule has 0 unspecified atom stereocenters. The molecule has 3 N–H and O–H groups in total. The Bertz CT molecular complexity index is 513. The van der Waals surface area contributed by atoms with Gasteiger partial charge in [0.2, 0.25) is 0 Å². The quantitative estimate of drug-likeness (QED) is 0.325. The van der Waals surface area contributed by atoms with Crippen LogP contribution in [0.15, 0.2) is 11.2 Å². The Balaban J connectivity index is 2.57. The van der Waals surface area contributed by atoms with Crippen LogP contribution in [0, 0.1) is 4.91 Å². The fourth-order valence-electron chi connectivity index (χ4n) is 1.97. The van der Waals surface area contributed by atoms with Crippen molar-refractivity contribution in [2.24, 2.45) is 11.0 Å². The number of pyridine rings is 1. The Labute approximate surface area is 96.3 Å². The van der Waals surface area contributed by atoms with Gasteiger partial charge in [-0.05, 0) is 30.9 Å². The van der Waals surface area contributed by atoms with Crippen LogP contribution in [0.25, 0.3) is 0 Å². The smallest absolute Gasteiger partial charge is 0.289 e. The maximum absolute atomic E-state index is 11.4. The molecule has 2 amide bonds. The number of amides is 2. The minimum absolute atomic E-state index is 0.0279. The highest BCUT2D eigenvalue weighted by Gasteiger charge is 2.23. The first kappa shape index (κ1) is 11.3. The molecule has 0 aromatic carbocycles. The average molecular weight is 234 g/mol. The Morgan fingerprint density at radius 2 is 2.18 bits per heavy atom. The van der Waals surface area contributed by atoms with Gasteiger partial charge >= 0.3 is 5.91 Å². The predicted octanol–water partition coefficient (Wildman–Crippen LogP) is 0.0804. The third kappa shape index (κ3) is 1.92. The molecular formula is C10H10N4O3. The van der Waals surface area contributed by atoms with E-state index < -0.39 is 11.8 Å². The third-order valence-corrected chi connectivity index (χ3v) is 2.73. The van der Waals surface area contributed by atoms with Crippen molar-refractivity contribution in [3.8, 4) is 0 Å². The maximum atomic E-state index is 11.4. The number of nitrogens with one attached hydrogen (secondary N) is 1. The van der Waals surface area contributed by atoms with Crippen molar-refractivity contribution in [2.45, 2.75) is 19.3 Å². The van der Waals surface area contributed by atoms with Gasteiger partial charge in [-0.15, -0.1) is 4.91 Å². The lowest BCUT2D eigenvalue weighted by atomic mass is 10.1. The summed E-state index contributed by atoms with van der Waals surface area (Å²) in [6, 6.07) is 1.26. The van der Waals surface area contributed by atoms with Crippen LogP contribution in [-0.2, 0) is 12.8 Å². The van der Waals surface area contributed by atoms with Gasteiger partial charge in [-0.25, -0.2) is 10.8 Å². The molecule has 1 aromatic heterocycles. The van der Waals surface area contributed by atoms with E-state index in [2.05, 4.69) is 10.2 Å². The van der Waals surface area contributed by atoms with Crippen LogP contribution in [0.4, 0.5) is 0 Å². The number of nitrogens with two attached hydrogens (primary N) is 1. The van der Waals surface area contributed by atoms with Gasteiger partial charge in [0, 0.05) is 10.9 Å². The van der Waals surface area contributed by atoms with Crippen LogP contribution in [0.5, 0.6) is 0 Å². The van der Waals surface area contributed by atoms with Crippen molar-refractivity contribution in [3.05, 3.63) is 33.5 Å². The summed E-state index contributed by atoms with van der Waals surface area (Å²) in [5, 5.41) is 2.38. The fraction of sp³-hybridized carbons (Fsp3) is 0.300. The first-order valence-electron chi connectivity index (χ1n) is 5.08. The van der Waals surface area contributed by atoms with E-state index in [0.717, 1.165) is 6.42 Å². The number of fused-ring (bicyclic) bond motifs is 1. The second-order valence-electron chi connectivity index (χ2n) is 3.70. The summed E-state index contributed by atoms with van der Waals surface area (Å²) in [7, 11) is 0. The van der Waals surface area contributed by atoms with Gasteiger partial charge in [0.05, 0.1) is 5.56 Å². The summed E-state index contributed by atoms with van der Waals surface area (Å²) < 4.78 is 0. The van der Waals surface area contributed by atoms with Crippen molar-refractivity contribution in [2.75, 3.05) is 0 Å². The Kier molecular flexibility index (Phi) is 2.92. The molecule has 2 rings (SSSR count). The molecule has 7 nitrogen and oxygen atoms in total. The molecule has 17 heavy (non-hydrogen) atoms. The zero-order valence-corrected chi connectivity index (χ0v) is 8.90. The first-order valence-corrected chi connectivity index (χ1v) is 5.08. The van der Waals surface area contributed by atoms with Gasteiger partial charge in [0.15, 0.2) is 0 Å². The van der Waals surface area contributed by atoms with E-state index in [-0.39, 0.29) is 11.3 Å². The van der Waals surface area contributed by atoms with Gasteiger partial charge in [-0.2, -0.15) is 0 Å². The number of aryl methyl sites for hydroxylation is 1. The second-order valence-corrected chi connectivity index (χ2v) is 3.70. The summed E-state index contributed by atoms with van der Waals surface area (Å²) in [5.74, 6) is 3.52. The van der Waals surface area contributed by atoms with Crippen LogP contribution in [0.1, 0.15) is 38.5 Å². The highest BCUT2D eigenvalue weighted by molar-refractivity contribution is 6.00. The Morgan fingerprint density at radius 1 is 1.41 bits per heavy atom. The summed E-state index contributed by atoms with van der Waals surface area (Å²) in [5.41, 5.74) is 3.49. The molecule has 0 radical (unpaired) electrons. The number of hydrazine groups is 1. The number of nitroso groups, excluding NO2 is 1. The number of nitrogens with zero attached hydrogens (tertiary/aromatic N) is 2. The lowest BCUT2D eigenvalue weighted by Crippen LogP contribution is -2.31. The van der Waals surface area contributed by atoms with E-state index in [0.29, 0.717) is 24.1 Å². The van der Waals surface area contributed by atoms with Gasteiger partial charge in [0.25, 0.3) is 5.91 Å². The lowest BCUT2D eigenvalue weighted by Gasteiger charge is -2.06. The van der Waals surface area contributed by atoms with E-state index in [1.807, 2.05) is 5.43 Å². The summed E-state index contributed by atoms with van der Waals surface area (Å²) >= 11 is 0. The molecule has 1 aliphatic carbocycles. The van der Waals surface area contributed by atoms with Gasteiger partial charge in [-0.1, -0.05) is 0 Å². The molecule has 1 heterocycles. The molecule has 0 saturated heterocycles. The summed E-state index contributed by atoms with van der Waals surface area (Å²) in [4.78, 5) is 37.1. The van der Waals surface area contributed by atoms with Crippen LogP contribution < -0.4 is 11.3 Å². The van der Waals surface area contributed by atoms with Crippen molar-refractivity contribution in [1.82, 2.24) is 10.4 Å². The molecule has 88 valence electrons. The number of carbonyl (C=O) groups excluding carboxylic acids is 2. The molecule has 0 atom stereocenters. The second kappa shape index (κ2) is 4.38. The largest absolute Gasteiger partial charge is 0.317 e. The van der Waals surface area contributed by atoms with Crippen molar-refractivity contribution < 1.29 is 9.59 Å². The number of rotatable bonds is 2. The first-order chi connectivity index (χ1) is 8.17. The molecule has 0 bridgehead atoms. The van der Waals surface area contributed by atoms with E-state index >= 15 is 0 Å². The van der Waals surface area contributed by atoms with Gasteiger partial charge < -0.3 is 0 Å². The monoisotopic (exact) mass is 234 g/mol. The van der Waals surface area contributed by atoms with Crippen LogP contribution in [0.3, 0.4) is 0 Å². The molecule has 7 heteroatoms. The molecule has 1 aromatic rings. The maximum Gasteiger partial charge on any atom is 0.317 e. The third-order valence-electron chi connectivity index (χ3n) is 2.73. The zero-order chi connectivity index (χ0) is 12.4. The molecule has 1 aliphatic rings. The number of nitrogen functional groups attached to an aromatic ring is 1. The van der Waals surface area contributed by atoms with E-state index in [1.54, 1.807) is 0 Å². The minimum atomic E-state index is -0.878. The molecule has 0 fully saturated rings. The van der Waals surface area contributed by atoms with E-state index in [1.165, 1.54) is 6.07 Å². The number of hydrogen-bond donors (Lipinski definition) is 2.